The van der Waals surface area contributed by atoms with Gasteiger partial charge in [-0.25, -0.2) is 0 Å². The molecule has 1 heterocycles. The first-order chi connectivity index (χ1) is 5.53. The Balaban J connectivity index is 2.46. The van der Waals surface area contributed by atoms with Crippen LogP contribution in [0, 0.1) is 0 Å². The summed E-state index contributed by atoms with van der Waals surface area (Å²) in [5.74, 6) is -0.489. The fourth-order valence-electron chi connectivity index (χ4n) is 1.70. The van der Waals surface area contributed by atoms with Crippen molar-refractivity contribution in [3.8, 4) is 0 Å². The Morgan fingerprint density at radius 3 is 2.58 bits per heavy atom. The molecule has 0 saturated carbocycles. The van der Waals surface area contributed by atoms with Gasteiger partial charge < -0.3 is 14.6 Å². The Hall–Kier alpha value is -0.120. The topological polar surface area (TPSA) is 38.7 Å². The van der Waals surface area contributed by atoms with Crippen LogP contribution in [0.15, 0.2) is 0 Å². The molecule has 0 bridgehead atoms. The monoisotopic (exact) mass is 174 g/mol. The van der Waals surface area contributed by atoms with Gasteiger partial charge in [-0.1, -0.05) is 0 Å². The molecule has 1 aliphatic heterocycles. The van der Waals surface area contributed by atoms with E-state index in [1.165, 1.54) is 0 Å². The lowest BCUT2D eigenvalue weighted by Crippen LogP contribution is -2.43. The van der Waals surface area contributed by atoms with E-state index in [4.69, 9.17) is 14.6 Å². The van der Waals surface area contributed by atoms with E-state index in [1.54, 1.807) is 0 Å². The molecule has 0 amide bonds. The lowest BCUT2D eigenvalue weighted by Gasteiger charge is -2.39. The predicted molar refractivity (Wildman–Crippen MR) is 45.8 cm³/mol. The third-order valence-electron chi connectivity index (χ3n) is 1.98. The Labute approximate surface area is 73.7 Å². The van der Waals surface area contributed by atoms with E-state index in [2.05, 4.69) is 0 Å². The lowest BCUT2D eigenvalue weighted by atomic mass is 10.1. The largest absolute Gasteiger partial charge is 0.396 e. The molecule has 1 fully saturated rings. The van der Waals surface area contributed by atoms with Crippen LogP contribution in [0.3, 0.4) is 0 Å². The summed E-state index contributed by atoms with van der Waals surface area (Å²) in [5, 5.41) is 8.75. The van der Waals surface area contributed by atoms with Crippen LogP contribution in [0.1, 0.15) is 33.6 Å². The molecule has 0 aliphatic carbocycles. The van der Waals surface area contributed by atoms with Gasteiger partial charge in [0, 0.05) is 6.61 Å². The predicted octanol–water partition coefficient (Wildman–Crippen LogP) is 1.30. The van der Waals surface area contributed by atoms with Crippen LogP contribution in [0.25, 0.3) is 0 Å². The molecule has 1 aliphatic rings. The van der Waals surface area contributed by atoms with Crippen LogP contribution in [0.2, 0.25) is 0 Å². The maximum atomic E-state index is 8.75. The van der Waals surface area contributed by atoms with Gasteiger partial charge in [0.1, 0.15) is 0 Å². The number of hydrogen-bond donors (Lipinski definition) is 1. The van der Waals surface area contributed by atoms with Crippen LogP contribution in [0.4, 0.5) is 0 Å². The third kappa shape index (κ3) is 2.73. The van der Waals surface area contributed by atoms with Gasteiger partial charge in [-0.15, -0.1) is 0 Å². The van der Waals surface area contributed by atoms with Gasteiger partial charge in [-0.3, -0.25) is 0 Å². The smallest absolute Gasteiger partial charge is 0.163 e. The van der Waals surface area contributed by atoms with Gasteiger partial charge in [0.25, 0.3) is 0 Å². The maximum absolute atomic E-state index is 8.75. The number of aliphatic hydroxyl groups is 1. The van der Waals surface area contributed by atoms with Crippen LogP contribution in [-0.2, 0) is 9.47 Å². The molecular formula is C9H18O3. The molecular weight excluding hydrogens is 156 g/mol. The van der Waals surface area contributed by atoms with Gasteiger partial charge in [0.2, 0.25) is 0 Å². The lowest BCUT2D eigenvalue weighted by molar-refractivity contribution is -0.297. The molecule has 0 aromatic heterocycles. The summed E-state index contributed by atoms with van der Waals surface area (Å²) >= 11 is 0. The summed E-state index contributed by atoms with van der Waals surface area (Å²) in [5.41, 5.74) is 0. The summed E-state index contributed by atoms with van der Waals surface area (Å²) in [4.78, 5) is 0. The summed E-state index contributed by atoms with van der Waals surface area (Å²) in [6, 6.07) is 0. The fraction of sp³-hybridized carbons (Fsp3) is 1.00. The summed E-state index contributed by atoms with van der Waals surface area (Å²) in [6.07, 6.45) is 1.96. The number of hydrogen-bond acceptors (Lipinski definition) is 3. The van der Waals surface area contributed by atoms with E-state index in [0.29, 0.717) is 6.42 Å². The first kappa shape index (κ1) is 9.96. The average Bonchev–Trinajstić information content (AvgIpc) is 1.82. The van der Waals surface area contributed by atoms with E-state index in [-0.39, 0.29) is 18.8 Å². The van der Waals surface area contributed by atoms with Crippen molar-refractivity contribution in [2.24, 2.45) is 0 Å². The molecule has 0 spiro atoms. The number of ether oxygens (including phenoxy) is 2. The molecule has 1 saturated heterocycles. The van der Waals surface area contributed by atoms with E-state index < -0.39 is 5.79 Å². The molecule has 3 heteroatoms. The van der Waals surface area contributed by atoms with E-state index in [1.807, 2.05) is 20.8 Å². The second kappa shape index (κ2) is 3.73. The van der Waals surface area contributed by atoms with Crippen molar-refractivity contribution in [2.45, 2.75) is 51.6 Å². The highest BCUT2D eigenvalue weighted by atomic mass is 16.7. The number of aliphatic hydroxyl groups excluding tert-OH is 1. The van der Waals surface area contributed by atoms with Crippen molar-refractivity contribution in [1.29, 1.82) is 0 Å². The minimum Gasteiger partial charge on any atom is -0.396 e. The van der Waals surface area contributed by atoms with Crippen molar-refractivity contribution in [3.63, 3.8) is 0 Å². The van der Waals surface area contributed by atoms with Crippen LogP contribution in [-0.4, -0.2) is 29.7 Å². The third-order valence-corrected chi connectivity index (χ3v) is 1.98. The van der Waals surface area contributed by atoms with E-state index >= 15 is 0 Å². The van der Waals surface area contributed by atoms with Gasteiger partial charge in [0.05, 0.1) is 12.2 Å². The van der Waals surface area contributed by atoms with Gasteiger partial charge in [-0.05, 0) is 33.6 Å². The molecule has 72 valence electrons. The first-order valence-electron chi connectivity index (χ1n) is 4.50. The summed E-state index contributed by atoms with van der Waals surface area (Å²) in [6.45, 7) is 6.04. The zero-order chi connectivity index (χ0) is 9.19. The second-order valence-electron chi connectivity index (χ2n) is 3.82. The molecule has 0 aromatic carbocycles. The molecule has 2 atom stereocenters. The second-order valence-corrected chi connectivity index (χ2v) is 3.82. The van der Waals surface area contributed by atoms with Crippen molar-refractivity contribution in [2.75, 3.05) is 6.61 Å². The SMILES string of the molecule is C[C@H]1C[C@@H](CCO)OC(C)(C)O1. The van der Waals surface area contributed by atoms with Crippen molar-refractivity contribution < 1.29 is 14.6 Å². The van der Waals surface area contributed by atoms with Crippen LogP contribution < -0.4 is 0 Å². The highest BCUT2D eigenvalue weighted by molar-refractivity contribution is 4.73. The molecule has 0 aromatic rings. The van der Waals surface area contributed by atoms with E-state index in [0.717, 1.165) is 6.42 Å². The van der Waals surface area contributed by atoms with Crippen molar-refractivity contribution >= 4 is 0 Å². The van der Waals surface area contributed by atoms with Crippen molar-refractivity contribution in [1.82, 2.24) is 0 Å². The molecule has 0 unspecified atom stereocenters. The summed E-state index contributed by atoms with van der Waals surface area (Å²) < 4.78 is 11.1. The van der Waals surface area contributed by atoms with E-state index in [9.17, 15) is 0 Å². The number of rotatable bonds is 2. The normalized spacial score (nSPS) is 35.0. The highest BCUT2D eigenvalue weighted by Crippen LogP contribution is 2.27. The first-order valence-corrected chi connectivity index (χ1v) is 4.50. The van der Waals surface area contributed by atoms with Crippen LogP contribution >= 0.6 is 0 Å². The maximum Gasteiger partial charge on any atom is 0.163 e. The minimum atomic E-state index is -0.489. The molecule has 1 rings (SSSR count). The molecule has 3 nitrogen and oxygen atoms in total. The molecule has 1 N–H and O–H groups in total. The summed E-state index contributed by atoms with van der Waals surface area (Å²) in [7, 11) is 0. The van der Waals surface area contributed by atoms with Gasteiger partial charge in [-0.2, -0.15) is 0 Å². The Morgan fingerprint density at radius 1 is 1.42 bits per heavy atom. The minimum absolute atomic E-state index is 0.147. The average molecular weight is 174 g/mol. The van der Waals surface area contributed by atoms with Gasteiger partial charge >= 0.3 is 0 Å². The zero-order valence-electron chi connectivity index (χ0n) is 8.04. The Morgan fingerprint density at radius 2 is 2.08 bits per heavy atom. The van der Waals surface area contributed by atoms with Crippen molar-refractivity contribution in [3.05, 3.63) is 0 Å². The fourth-order valence-corrected chi connectivity index (χ4v) is 1.70. The molecule has 0 radical (unpaired) electrons. The Kier molecular flexibility index (Phi) is 3.09. The zero-order valence-corrected chi connectivity index (χ0v) is 8.04. The highest BCUT2D eigenvalue weighted by Gasteiger charge is 2.32. The van der Waals surface area contributed by atoms with Crippen LogP contribution in [0.5, 0.6) is 0 Å². The van der Waals surface area contributed by atoms with Gasteiger partial charge in [0.15, 0.2) is 5.79 Å². The Bertz CT molecular complexity index is 145. The standard InChI is InChI=1S/C9H18O3/c1-7-6-8(4-5-10)12-9(2,3)11-7/h7-8,10H,4-6H2,1-3H3/t7-,8+/m0/s1. The quantitative estimate of drug-likeness (QED) is 0.685. The molecule has 12 heavy (non-hydrogen) atoms.